The Hall–Kier alpha value is -2.77. The standard InChI is InChI=1S/C22H33N3O5/c1-22(2,3)30-21(28)24-18-13-16(19(26)25(4)5)11-12-17(18)23-20(27)29-14-15-9-7-6-8-10-15/h6-10,16-18H,11-14H2,1-5H3,(H,23,27)(H,24,28)/t16-,17+,18+/m1/s1. The van der Waals surface area contributed by atoms with Crippen LogP contribution in [0.25, 0.3) is 0 Å². The van der Waals surface area contributed by atoms with E-state index in [1.807, 2.05) is 30.3 Å². The second kappa shape index (κ2) is 10.3. The summed E-state index contributed by atoms with van der Waals surface area (Å²) in [4.78, 5) is 38.6. The summed E-state index contributed by atoms with van der Waals surface area (Å²) < 4.78 is 10.7. The second-order valence-electron chi connectivity index (χ2n) is 8.81. The third-order valence-corrected chi connectivity index (χ3v) is 4.86. The van der Waals surface area contributed by atoms with E-state index in [2.05, 4.69) is 10.6 Å². The molecule has 8 nitrogen and oxygen atoms in total. The van der Waals surface area contributed by atoms with Gasteiger partial charge in [-0.15, -0.1) is 0 Å². The summed E-state index contributed by atoms with van der Waals surface area (Å²) in [5.74, 6) is -0.214. The van der Waals surface area contributed by atoms with Crippen LogP contribution < -0.4 is 10.6 Å². The Bertz CT molecular complexity index is 730. The first-order valence-corrected chi connectivity index (χ1v) is 10.2. The van der Waals surface area contributed by atoms with Crippen LogP contribution in [0.3, 0.4) is 0 Å². The fourth-order valence-electron chi connectivity index (χ4n) is 3.47. The van der Waals surface area contributed by atoms with E-state index < -0.39 is 23.8 Å². The summed E-state index contributed by atoms with van der Waals surface area (Å²) in [5.41, 5.74) is 0.242. The molecule has 3 amide bonds. The highest BCUT2D eigenvalue weighted by molar-refractivity contribution is 5.79. The van der Waals surface area contributed by atoms with E-state index in [4.69, 9.17) is 9.47 Å². The van der Waals surface area contributed by atoms with Gasteiger partial charge in [0, 0.05) is 20.0 Å². The molecule has 1 saturated carbocycles. The van der Waals surface area contributed by atoms with Crippen LogP contribution in [-0.4, -0.2) is 54.8 Å². The summed E-state index contributed by atoms with van der Waals surface area (Å²) in [6.45, 7) is 5.50. The van der Waals surface area contributed by atoms with Crippen molar-refractivity contribution in [1.82, 2.24) is 15.5 Å². The number of rotatable bonds is 5. The smallest absolute Gasteiger partial charge is 0.407 e. The third kappa shape index (κ3) is 7.57. The van der Waals surface area contributed by atoms with Gasteiger partial charge < -0.3 is 25.0 Å². The van der Waals surface area contributed by atoms with Crippen molar-refractivity contribution in [2.24, 2.45) is 5.92 Å². The average Bonchev–Trinajstić information content (AvgIpc) is 2.66. The Kier molecular flexibility index (Phi) is 8.08. The van der Waals surface area contributed by atoms with Crippen molar-refractivity contribution < 1.29 is 23.9 Å². The molecule has 0 bridgehead atoms. The van der Waals surface area contributed by atoms with Gasteiger partial charge in [-0.2, -0.15) is 0 Å². The molecule has 0 aromatic heterocycles. The molecule has 30 heavy (non-hydrogen) atoms. The quantitative estimate of drug-likeness (QED) is 0.765. The van der Waals surface area contributed by atoms with Crippen molar-refractivity contribution in [3.8, 4) is 0 Å². The number of alkyl carbamates (subject to hydrolysis) is 2. The average molecular weight is 420 g/mol. The minimum Gasteiger partial charge on any atom is -0.445 e. The summed E-state index contributed by atoms with van der Waals surface area (Å²) in [6.07, 6.45) is 0.449. The Balaban J connectivity index is 2.00. The molecule has 8 heteroatoms. The lowest BCUT2D eigenvalue weighted by Gasteiger charge is -2.37. The van der Waals surface area contributed by atoms with Gasteiger partial charge in [-0.25, -0.2) is 9.59 Å². The molecule has 1 aromatic carbocycles. The predicted octanol–water partition coefficient (Wildman–Crippen LogP) is 3.06. The van der Waals surface area contributed by atoms with Crippen molar-refractivity contribution >= 4 is 18.1 Å². The number of nitrogens with one attached hydrogen (secondary N) is 2. The third-order valence-electron chi connectivity index (χ3n) is 4.86. The minimum atomic E-state index is -0.644. The molecule has 2 N–H and O–H groups in total. The molecular weight excluding hydrogens is 386 g/mol. The van der Waals surface area contributed by atoms with Gasteiger partial charge in [-0.3, -0.25) is 4.79 Å². The maximum Gasteiger partial charge on any atom is 0.407 e. The molecule has 0 unspecified atom stereocenters. The van der Waals surface area contributed by atoms with Gasteiger partial charge >= 0.3 is 12.2 Å². The Labute approximate surface area is 178 Å². The number of hydrogen-bond donors (Lipinski definition) is 2. The highest BCUT2D eigenvalue weighted by Gasteiger charge is 2.37. The number of nitrogens with zero attached hydrogens (tertiary/aromatic N) is 1. The van der Waals surface area contributed by atoms with Crippen LogP contribution in [0.5, 0.6) is 0 Å². The molecule has 2 rings (SSSR count). The van der Waals surface area contributed by atoms with Crippen molar-refractivity contribution in [3.05, 3.63) is 35.9 Å². The molecule has 0 spiro atoms. The van der Waals surface area contributed by atoms with Gasteiger partial charge in [0.2, 0.25) is 5.91 Å². The number of amides is 3. The lowest BCUT2D eigenvalue weighted by atomic mass is 9.81. The minimum absolute atomic E-state index is 0.0103. The van der Waals surface area contributed by atoms with Crippen LogP contribution >= 0.6 is 0 Å². The topological polar surface area (TPSA) is 97.0 Å². The van der Waals surface area contributed by atoms with E-state index in [-0.39, 0.29) is 24.5 Å². The fraction of sp³-hybridized carbons (Fsp3) is 0.591. The fourth-order valence-corrected chi connectivity index (χ4v) is 3.47. The molecule has 3 atom stereocenters. The number of carbonyl (C=O) groups is 3. The van der Waals surface area contributed by atoms with E-state index in [1.165, 1.54) is 0 Å². The molecule has 0 heterocycles. The van der Waals surface area contributed by atoms with Gasteiger partial charge in [0.05, 0.1) is 12.1 Å². The van der Waals surface area contributed by atoms with Crippen LogP contribution in [0.15, 0.2) is 30.3 Å². The second-order valence-corrected chi connectivity index (χ2v) is 8.81. The SMILES string of the molecule is CN(C)C(=O)[C@@H]1CC[C@H](NC(=O)OCc2ccccc2)[C@@H](NC(=O)OC(C)(C)C)C1. The predicted molar refractivity (Wildman–Crippen MR) is 113 cm³/mol. The molecule has 1 aliphatic carbocycles. The summed E-state index contributed by atoms with van der Waals surface area (Å²) in [7, 11) is 3.42. The Morgan fingerprint density at radius 3 is 2.23 bits per heavy atom. The zero-order valence-electron chi connectivity index (χ0n) is 18.4. The van der Waals surface area contributed by atoms with Crippen molar-refractivity contribution in [1.29, 1.82) is 0 Å². The highest BCUT2D eigenvalue weighted by Crippen LogP contribution is 2.27. The van der Waals surface area contributed by atoms with Gasteiger partial charge in [0.1, 0.15) is 12.2 Å². The van der Waals surface area contributed by atoms with Crippen LogP contribution in [0.1, 0.15) is 45.6 Å². The number of benzene rings is 1. The van der Waals surface area contributed by atoms with Crippen molar-refractivity contribution in [2.45, 2.75) is 64.3 Å². The van der Waals surface area contributed by atoms with E-state index >= 15 is 0 Å². The van der Waals surface area contributed by atoms with Crippen molar-refractivity contribution in [2.75, 3.05) is 14.1 Å². The first-order valence-electron chi connectivity index (χ1n) is 10.2. The molecule has 1 fully saturated rings. The molecular formula is C22H33N3O5. The van der Waals surface area contributed by atoms with Gasteiger partial charge in [-0.05, 0) is 45.6 Å². The lowest BCUT2D eigenvalue weighted by molar-refractivity contribution is -0.134. The molecule has 166 valence electrons. The maximum atomic E-state index is 12.4. The first-order chi connectivity index (χ1) is 14.0. The van der Waals surface area contributed by atoms with Gasteiger partial charge in [-0.1, -0.05) is 30.3 Å². The highest BCUT2D eigenvalue weighted by atomic mass is 16.6. The van der Waals surface area contributed by atoms with E-state index in [9.17, 15) is 14.4 Å². The molecule has 1 aliphatic rings. The first kappa shape index (κ1) is 23.5. The van der Waals surface area contributed by atoms with Gasteiger partial charge in [0.25, 0.3) is 0 Å². The normalized spacial score (nSPS) is 21.3. The Morgan fingerprint density at radius 1 is 1.00 bits per heavy atom. The summed E-state index contributed by atoms with van der Waals surface area (Å²) >= 11 is 0. The van der Waals surface area contributed by atoms with Crippen LogP contribution in [0.4, 0.5) is 9.59 Å². The molecule has 1 aromatic rings. The number of hydrogen-bond acceptors (Lipinski definition) is 5. The van der Waals surface area contributed by atoms with Crippen LogP contribution in [0, 0.1) is 5.92 Å². The Morgan fingerprint density at radius 2 is 1.63 bits per heavy atom. The molecule has 0 saturated heterocycles. The van der Waals surface area contributed by atoms with Crippen LogP contribution in [0.2, 0.25) is 0 Å². The van der Waals surface area contributed by atoms with Crippen LogP contribution in [-0.2, 0) is 20.9 Å². The van der Waals surface area contributed by atoms with E-state index in [0.29, 0.717) is 19.3 Å². The van der Waals surface area contributed by atoms with Crippen molar-refractivity contribution in [3.63, 3.8) is 0 Å². The zero-order valence-corrected chi connectivity index (χ0v) is 18.4. The monoisotopic (exact) mass is 419 g/mol. The van der Waals surface area contributed by atoms with Gasteiger partial charge in [0.15, 0.2) is 0 Å². The molecule has 0 aliphatic heterocycles. The summed E-state index contributed by atoms with van der Waals surface area (Å²) in [5, 5.41) is 5.67. The maximum absolute atomic E-state index is 12.4. The zero-order chi connectivity index (χ0) is 22.3. The number of carbonyl (C=O) groups excluding carboxylic acids is 3. The van der Waals surface area contributed by atoms with E-state index in [0.717, 1.165) is 5.56 Å². The summed E-state index contributed by atoms with van der Waals surface area (Å²) in [6, 6.07) is 8.60. The molecule has 0 radical (unpaired) electrons. The van der Waals surface area contributed by atoms with E-state index in [1.54, 1.807) is 39.8 Å². The lowest BCUT2D eigenvalue weighted by Crippen LogP contribution is -2.56. The largest absolute Gasteiger partial charge is 0.445 e. The number of ether oxygens (including phenoxy) is 2.